The summed E-state index contributed by atoms with van der Waals surface area (Å²) >= 11 is 0. The molecule has 19 heavy (non-hydrogen) atoms. The number of benzene rings is 2. The van der Waals surface area contributed by atoms with E-state index in [0.717, 1.165) is 24.2 Å². The molecule has 2 rings (SSSR count). The largest absolute Gasteiger partial charge is 0.508 e. The lowest BCUT2D eigenvalue weighted by Crippen LogP contribution is -2.14. The van der Waals surface area contributed by atoms with E-state index < -0.39 is 0 Å². The monoisotopic (exact) mass is 255 g/mol. The van der Waals surface area contributed by atoms with Crippen molar-refractivity contribution in [3.8, 4) is 5.75 Å². The fourth-order valence-electron chi connectivity index (χ4n) is 2.31. The quantitative estimate of drug-likeness (QED) is 0.874. The molecule has 100 valence electrons. The van der Waals surface area contributed by atoms with Gasteiger partial charge in [0, 0.05) is 13.1 Å². The second kappa shape index (κ2) is 5.89. The molecule has 0 aromatic heterocycles. The topological polar surface area (TPSA) is 32.3 Å². The zero-order valence-corrected chi connectivity index (χ0v) is 11.8. The standard InChI is InChI=1S/C17H21NO/c1-12-9-17(19)14(3)13(2)16(12)11-18-10-15-7-5-4-6-8-15/h4-9,18-19H,10-11H2,1-3H3. The molecule has 0 heterocycles. The van der Waals surface area contributed by atoms with Gasteiger partial charge >= 0.3 is 0 Å². The fourth-order valence-corrected chi connectivity index (χ4v) is 2.31. The maximum Gasteiger partial charge on any atom is 0.119 e. The van der Waals surface area contributed by atoms with Gasteiger partial charge < -0.3 is 10.4 Å². The van der Waals surface area contributed by atoms with Crippen LogP contribution in [-0.4, -0.2) is 5.11 Å². The molecule has 2 nitrogen and oxygen atoms in total. The van der Waals surface area contributed by atoms with Gasteiger partial charge in [0.05, 0.1) is 0 Å². The fraction of sp³-hybridized carbons (Fsp3) is 0.294. The molecule has 2 aromatic carbocycles. The number of nitrogens with one attached hydrogen (secondary N) is 1. The molecular formula is C17H21NO. The molecule has 0 fully saturated rings. The van der Waals surface area contributed by atoms with Crippen LogP contribution in [0.25, 0.3) is 0 Å². The summed E-state index contributed by atoms with van der Waals surface area (Å²) in [5, 5.41) is 13.3. The Bertz CT molecular complexity index is 561. The van der Waals surface area contributed by atoms with Crippen molar-refractivity contribution >= 4 is 0 Å². The van der Waals surface area contributed by atoms with Gasteiger partial charge in [-0.25, -0.2) is 0 Å². The molecule has 2 heteroatoms. The maximum absolute atomic E-state index is 9.79. The summed E-state index contributed by atoms with van der Waals surface area (Å²) in [7, 11) is 0. The summed E-state index contributed by atoms with van der Waals surface area (Å²) in [6, 6.07) is 12.2. The molecule has 0 spiro atoms. The van der Waals surface area contributed by atoms with Crippen molar-refractivity contribution in [3.05, 3.63) is 64.2 Å². The molecule has 0 radical (unpaired) electrons. The van der Waals surface area contributed by atoms with Crippen LogP contribution in [0.4, 0.5) is 0 Å². The predicted octanol–water partition coefficient (Wildman–Crippen LogP) is 3.61. The first kappa shape index (κ1) is 13.6. The molecule has 0 aliphatic rings. The Kier molecular flexibility index (Phi) is 4.23. The van der Waals surface area contributed by atoms with Crippen LogP contribution in [0.2, 0.25) is 0 Å². The number of phenols is 1. The van der Waals surface area contributed by atoms with E-state index in [4.69, 9.17) is 0 Å². The van der Waals surface area contributed by atoms with Gasteiger partial charge in [-0.05, 0) is 54.7 Å². The van der Waals surface area contributed by atoms with E-state index in [2.05, 4.69) is 36.5 Å². The molecule has 0 saturated carbocycles. The van der Waals surface area contributed by atoms with Crippen molar-refractivity contribution in [2.45, 2.75) is 33.9 Å². The molecule has 0 amide bonds. The highest BCUT2D eigenvalue weighted by atomic mass is 16.3. The third-order valence-electron chi connectivity index (χ3n) is 3.70. The summed E-state index contributed by atoms with van der Waals surface area (Å²) in [6.07, 6.45) is 0. The molecule has 0 atom stereocenters. The van der Waals surface area contributed by atoms with Crippen LogP contribution in [0.3, 0.4) is 0 Å². The van der Waals surface area contributed by atoms with E-state index in [1.165, 1.54) is 16.7 Å². The smallest absolute Gasteiger partial charge is 0.119 e. The van der Waals surface area contributed by atoms with Crippen molar-refractivity contribution in [2.75, 3.05) is 0 Å². The lowest BCUT2D eigenvalue weighted by molar-refractivity contribution is 0.469. The van der Waals surface area contributed by atoms with Crippen LogP contribution >= 0.6 is 0 Å². The molecule has 0 bridgehead atoms. The second-order valence-electron chi connectivity index (χ2n) is 5.03. The van der Waals surface area contributed by atoms with Crippen molar-refractivity contribution in [1.82, 2.24) is 5.32 Å². The van der Waals surface area contributed by atoms with E-state index >= 15 is 0 Å². The van der Waals surface area contributed by atoms with Crippen LogP contribution in [0.5, 0.6) is 5.75 Å². The van der Waals surface area contributed by atoms with Gasteiger partial charge in [-0.3, -0.25) is 0 Å². The average Bonchev–Trinajstić information content (AvgIpc) is 2.41. The van der Waals surface area contributed by atoms with Gasteiger partial charge in [-0.15, -0.1) is 0 Å². The molecular weight excluding hydrogens is 234 g/mol. The Morgan fingerprint density at radius 3 is 2.32 bits per heavy atom. The van der Waals surface area contributed by atoms with Gasteiger partial charge in [0.25, 0.3) is 0 Å². The average molecular weight is 255 g/mol. The van der Waals surface area contributed by atoms with E-state index in [-0.39, 0.29) is 0 Å². The first-order valence-electron chi connectivity index (χ1n) is 6.63. The van der Waals surface area contributed by atoms with Crippen LogP contribution in [0.1, 0.15) is 27.8 Å². The molecule has 2 N–H and O–H groups in total. The number of rotatable bonds is 4. The lowest BCUT2D eigenvalue weighted by Gasteiger charge is -2.14. The van der Waals surface area contributed by atoms with Crippen LogP contribution in [0.15, 0.2) is 36.4 Å². The molecule has 0 saturated heterocycles. The number of hydrogen-bond acceptors (Lipinski definition) is 2. The number of hydrogen-bond donors (Lipinski definition) is 2. The molecule has 2 aromatic rings. The predicted molar refractivity (Wildman–Crippen MR) is 79.3 cm³/mol. The summed E-state index contributed by atoms with van der Waals surface area (Å²) < 4.78 is 0. The molecule has 0 aliphatic carbocycles. The normalized spacial score (nSPS) is 10.7. The number of phenolic OH excluding ortho intramolecular Hbond substituents is 1. The summed E-state index contributed by atoms with van der Waals surface area (Å²) in [5.41, 5.74) is 5.86. The van der Waals surface area contributed by atoms with E-state index in [0.29, 0.717) is 5.75 Å². The molecule has 0 aliphatic heterocycles. The van der Waals surface area contributed by atoms with E-state index in [9.17, 15) is 5.11 Å². The zero-order valence-electron chi connectivity index (χ0n) is 11.8. The van der Waals surface area contributed by atoms with Gasteiger partial charge in [0.2, 0.25) is 0 Å². The maximum atomic E-state index is 9.79. The third kappa shape index (κ3) is 3.15. The van der Waals surface area contributed by atoms with Gasteiger partial charge in [0.15, 0.2) is 0 Å². The van der Waals surface area contributed by atoms with E-state index in [1.807, 2.05) is 26.0 Å². The highest BCUT2D eigenvalue weighted by Gasteiger charge is 2.09. The van der Waals surface area contributed by atoms with Gasteiger partial charge in [-0.1, -0.05) is 30.3 Å². The first-order chi connectivity index (χ1) is 9.09. The number of aromatic hydroxyl groups is 1. The van der Waals surface area contributed by atoms with Crippen molar-refractivity contribution in [2.24, 2.45) is 0 Å². The van der Waals surface area contributed by atoms with Crippen LogP contribution in [0, 0.1) is 20.8 Å². The SMILES string of the molecule is Cc1cc(O)c(C)c(C)c1CNCc1ccccc1. The second-order valence-corrected chi connectivity index (χ2v) is 5.03. The Hall–Kier alpha value is -1.80. The number of aryl methyl sites for hydroxylation is 1. The van der Waals surface area contributed by atoms with Crippen molar-refractivity contribution < 1.29 is 5.11 Å². The Morgan fingerprint density at radius 1 is 0.947 bits per heavy atom. The molecule has 0 unspecified atom stereocenters. The Labute approximate surface area is 115 Å². The lowest BCUT2D eigenvalue weighted by atomic mass is 9.97. The Morgan fingerprint density at radius 2 is 1.63 bits per heavy atom. The van der Waals surface area contributed by atoms with Crippen molar-refractivity contribution in [1.29, 1.82) is 0 Å². The van der Waals surface area contributed by atoms with E-state index in [1.54, 1.807) is 0 Å². The summed E-state index contributed by atoms with van der Waals surface area (Å²) in [5.74, 6) is 0.391. The first-order valence-corrected chi connectivity index (χ1v) is 6.63. The summed E-state index contributed by atoms with van der Waals surface area (Å²) in [4.78, 5) is 0. The van der Waals surface area contributed by atoms with Crippen LogP contribution in [-0.2, 0) is 13.1 Å². The minimum Gasteiger partial charge on any atom is -0.508 e. The van der Waals surface area contributed by atoms with Gasteiger partial charge in [0.1, 0.15) is 5.75 Å². The third-order valence-corrected chi connectivity index (χ3v) is 3.70. The van der Waals surface area contributed by atoms with Gasteiger partial charge in [-0.2, -0.15) is 0 Å². The minimum atomic E-state index is 0.391. The Balaban J connectivity index is 2.06. The highest BCUT2D eigenvalue weighted by molar-refractivity contribution is 5.47. The minimum absolute atomic E-state index is 0.391. The zero-order chi connectivity index (χ0) is 13.8. The van der Waals surface area contributed by atoms with Crippen molar-refractivity contribution in [3.63, 3.8) is 0 Å². The summed E-state index contributed by atoms with van der Waals surface area (Å²) in [6.45, 7) is 7.77. The highest BCUT2D eigenvalue weighted by Crippen LogP contribution is 2.26. The van der Waals surface area contributed by atoms with Crippen LogP contribution < -0.4 is 5.32 Å².